The molecule has 0 rings (SSSR count). The van der Waals surface area contributed by atoms with Crippen LogP contribution < -0.4 is 5.32 Å². The predicted molar refractivity (Wildman–Crippen MR) is 384 cm³/mol. The van der Waals surface area contributed by atoms with Crippen LogP contribution in [0.25, 0.3) is 0 Å². The molecule has 0 aromatic carbocycles. The first-order valence-corrected chi connectivity index (χ1v) is 40.4. The van der Waals surface area contributed by atoms with Crippen molar-refractivity contribution in [2.24, 2.45) is 0 Å². The highest BCUT2D eigenvalue weighted by Gasteiger charge is 2.20. The van der Waals surface area contributed by atoms with Crippen molar-refractivity contribution < 1.29 is 24.5 Å². The Morgan fingerprint density at radius 1 is 0.310 bits per heavy atom. The zero-order chi connectivity index (χ0) is 62.8. The number of hydrogen-bond donors (Lipinski definition) is 3. The van der Waals surface area contributed by atoms with Gasteiger partial charge in [-0.2, -0.15) is 0 Å². The summed E-state index contributed by atoms with van der Waals surface area (Å²) in [6.45, 7) is 5.02. The third kappa shape index (κ3) is 73.5. The first-order chi connectivity index (χ1) is 43.0. The first-order valence-electron chi connectivity index (χ1n) is 40.4. The van der Waals surface area contributed by atoms with Crippen LogP contribution in [0.2, 0.25) is 0 Å². The lowest BCUT2D eigenvalue weighted by Gasteiger charge is -2.22. The second kappa shape index (κ2) is 77.1. The Hall–Kier alpha value is -1.40. The molecule has 2 unspecified atom stereocenters. The molecule has 0 spiro atoms. The summed E-state index contributed by atoms with van der Waals surface area (Å²) in [5, 5.41) is 23.4. The Morgan fingerprint density at radius 2 is 0.540 bits per heavy atom. The summed E-state index contributed by atoms with van der Waals surface area (Å²) in [6, 6.07) is -0.538. The van der Waals surface area contributed by atoms with E-state index in [0.717, 1.165) is 38.5 Å². The molecule has 3 N–H and O–H groups in total. The van der Waals surface area contributed by atoms with Gasteiger partial charge in [0.15, 0.2) is 0 Å². The van der Waals surface area contributed by atoms with Crippen molar-refractivity contribution in [1.29, 1.82) is 0 Å². The third-order valence-electron chi connectivity index (χ3n) is 19.3. The maximum atomic E-state index is 12.5. The average molecular weight is 1230 g/mol. The Bertz CT molecular complexity index is 1320. The predicted octanol–water partition coefficient (Wildman–Crippen LogP) is 26.7. The molecule has 0 aliphatic heterocycles. The van der Waals surface area contributed by atoms with Crippen molar-refractivity contribution in [3.8, 4) is 0 Å². The lowest BCUT2D eigenvalue weighted by Crippen LogP contribution is -2.45. The Kier molecular flexibility index (Phi) is 75.8. The minimum atomic E-state index is -0.661. The second-order valence-electron chi connectivity index (χ2n) is 28.1. The highest BCUT2D eigenvalue weighted by atomic mass is 16.5. The van der Waals surface area contributed by atoms with E-state index in [2.05, 4.69) is 31.3 Å². The molecule has 87 heavy (non-hydrogen) atoms. The summed E-state index contributed by atoms with van der Waals surface area (Å²) >= 11 is 0. The second-order valence-corrected chi connectivity index (χ2v) is 28.1. The maximum Gasteiger partial charge on any atom is 0.305 e. The van der Waals surface area contributed by atoms with E-state index in [1.807, 2.05) is 0 Å². The van der Waals surface area contributed by atoms with Crippen molar-refractivity contribution in [3.05, 3.63) is 12.2 Å². The van der Waals surface area contributed by atoms with Crippen molar-refractivity contribution in [2.45, 2.75) is 482 Å². The van der Waals surface area contributed by atoms with Gasteiger partial charge in [-0.25, -0.2) is 0 Å². The van der Waals surface area contributed by atoms with Gasteiger partial charge in [0.25, 0.3) is 0 Å². The van der Waals surface area contributed by atoms with Crippen LogP contribution in [0.4, 0.5) is 0 Å². The normalized spacial score (nSPS) is 12.5. The Morgan fingerprint density at radius 3 is 0.816 bits per heavy atom. The zero-order valence-electron chi connectivity index (χ0n) is 59.5. The molecule has 0 bridgehead atoms. The number of nitrogens with one attached hydrogen (secondary N) is 1. The van der Waals surface area contributed by atoms with Gasteiger partial charge in [0.1, 0.15) is 0 Å². The molecule has 6 nitrogen and oxygen atoms in total. The molecule has 0 aromatic heterocycles. The number of carbonyl (C=O) groups is 2. The lowest BCUT2D eigenvalue weighted by molar-refractivity contribution is -0.143. The molecule has 0 aliphatic rings. The van der Waals surface area contributed by atoms with Crippen molar-refractivity contribution in [2.75, 3.05) is 13.2 Å². The van der Waals surface area contributed by atoms with Crippen molar-refractivity contribution >= 4 is 11.9 Å². The van der Waals surface area contributed by atoms with Gasteiger partial charge < -0.3 is 20.3 Å². The van der Waals surface area contributed by atoms with Crippen LogP contribution in [0, 0.1) is 0 Å². The standard InChI is InChI=1S/C81H159NO5/c1-3-5-7-9-11-13-15-17-19-21-43-47-51-55-59-63-67-71-75-81(86)87-76-72-68-64-60-56-52-48-44-40-38-36-34-32-30-28-26-24-22-23-25-27-29-31-33-35-37-39-42-46-50-54-58-62-66-70-74-80(85)82-78(77-83)79(84)73-69-65-61-57-53-49-45-41-20-18-16-14-12-10-8-6-4-2/h24,26,78-79,83-84H,3-23,25,27-77H2,1-2H3,(H,82,85)/b26-24-. The average Bonchev–Trinajstić information content (AvgIpc) is 3.53. The van der Waals surface area contributed by atoms with Gasteiger partial charge in [0.2, 0.25) is 5.91 Å². The van der Waals surface area contributed by atoms with E-state index in [0.29, 0.717) is 25.9 Å². The zero-order valence-corrected chi connectivity index (χ0v) is 59.5. The molecule has 0 aromatic rings. The third-order valence-corrected chi connectivity index (χ3v) is 19.3. The van der Waals surface area contributed by atoms with E-state index in [1.165, 1.54) is 398 Å². The van der Waals surface area contributed by atoms with Crippen LogP contribution in [0.1, 0.15) is 470 Å². The van der Waals surface area contributed by atoms with Gasteiger partial charge in [0.05, 0.1) is 25.4 Å². The number of allylic oxidation sites excluding steroid dienone is 2. The number of hydrogen-bond acceptors (Lipinski definition) is 5. The smallest absolute Gasteiger partial charge is 0.305 e. The minimum Gasteiger partial charge on any atom is -0.466 e. The molecule has 0 radical (unpaired) electrons. The molecule has 0 heterocycles. The van der Waals surface area contributed by atoms with Crippen molar-refractivity contribution in [3.63, 3.8) is 0 Å². The van der Waals surface area contributed by atoms with Crippen LogP contribution in [-0.4, -0.2) is 47.4 Å². The Labute approximate surface area is 546 Å². The molecule has 0 fully saturated rings. The lowest BCUT2D eigenvalue weighted by atomic mass is 10.0. The molecule has 0 saturated carbocycles. The van der Waals surface area contributed by atoms with Gasteiger partial charge in [-0.05, 0) is 51.4 Å². The van der Waals surface area contributed by atoms with E-state index in [1.54, 1.807) is 0 Å². The van der Waals surface area contributed by atoms with E-state index in [-0.39, 0.29) is 18.5 Å². The largest absolute Gasteiger partial charge is 0.466 e. The number of rotatable bonds is 77. The number of aliphatic hydroxyl groups is 2. The van der Waals surface area contributed by atoms with Crippen LogP contribution in [0.3, 0.4) is 0 Å². The number of unbranched alkanes of at least 4 members (excludes halogenated alkanes) is 64. The molecule has 1 amide bonds. The monoisotopic (exact) mass is 1230 g/mol. The molecular weight excluding hydrogens is 1070 g/mol. The molecular formula is C81H159NO5. The van der Waals surface area contributed by atoms with Crippen LogP contribution in [-0.2, 0) is 14.3 Å². The first kappa shape index (κ1) is 85.6. The number of esters is 1. The molecule has 6 heteroatoms. The number of aliphatic hydroxyl groups excluding tert-OH is 2. The highest BCUT2D eigenvalue weighted by molar-refractivity contribution is 5.76. The van der Waals surface area contributed by atoms with E-state index in [4.69, 9.17) is 4.74 Å². The quantitative estimate of drug-likeness (QED) is 0.0320. The molecule has 0 aliphatic carbocycles. The van der Waals surface area contributed by atoms with Gasteiger partial charge in [-0.3, -0.25) is 9.59 Å². The van der Waals surface area contributed by atoms with Gasteiger partial charge in [0, 0.05) is 12.8 Å². The minimum absolute atomic E-state index is 0.0259. The van der Waals surface area contributed by atoms with E-state index in [9.17, 15) is 19.8 Å². The van der Waals surface area contributed by atoms with Crippen LogP contribution in [0.5, 0.6) is 0 Å². The summed E-state index contributed by atoms with van der Waals surface area (Å²) in [5.74, 6) is -0.000770. The maximum absolute atomic E-state index is 12.5. The molecule has 2 atom stereocenters. The number of carbonyl (C=O) groups excluding carboxylic acids is 2. The summed E-state index contributed by atoms with van der Waals surface area (Å²) in [7, 11) is 0. The van der Waals surface area contributed by atoms with Crippen molar-refractivity contribution in [1.82, 2.24) is 5.32 Å². The van der Waals surface area contributed by atoms with E-state index >= 15 is 0 Å². The SMILES string of the molecule is CCCCCCCCCCCCCCCCCCCCC(=O)OCCCCCCCCCCCCCCCC/C=C\CCCCCCCCCCCCCCCCCCCC(=O)NC(CO)C(O)CCCCCCCCCCCCCCCCCCC. The Balaban J connectivity index is 3.32. The van der Waals surface area contributed by atoms with Gasteiger partial charge in [-0.1, -0.05) is 418 Å². The van der Waals surface area contributed by atoms with Crippen LogP contribution >= 0.6 is 0 Å². The fourth-order valence-electron chi connectivity index (χ4n) is 13.2. The summed E-state index contributed by atoms with van der Waals surface area (Å²) in [6.07, 6.45) is 97.4. The topological polar surface area (TPSA) is 95.9 Å². The molecule has 518 valence electrons. The van der Waals surface area contributed by atoms with Crippen LogP contribution in [0.15, 0.2) is 12.2 Å². The fraction of sp³-hybridized carbons (Fsp3) is 0.951. The van der Waals surface area contributed by atoms with E-state index < -0.39 is 12.1 Å². The summed E-state index contributed by atoms with van der Waals surface area (Å²) in [4.78, 5) is 24.7. The number of ether oxygens (including phenoxy) is 1. The van der Waals surface area contributed by atoms with Gasteiger partial charge >= 0.3 is 5.97 Å². The fourth-order valence-corrected chi connectivity index (χ4v) is 13.2. The number of amides is 1. The van der Waals surface area contributed by atoms with Gasteiger partial charge in [-0.15, -0.1) is 0 Å². The molecule has 0 saturated heterocycles. The summed E-state index contributed by atoms with van der Waals surface area (Å²) < 4.78 is 5.52. The highest BCUT2D eigenvalue weighted by Crippen LogP contribution is 2.20. The summed E-state index contributed by atoms with van der Waals surface area (Å²) in [5.41, 5.74) is 0.